The third-order valence-electron chi connectivity index (χ3n) is 4.09. The number of ether oxygens (including phenoxy) is 2. The van der Waals surface area contributed by atoms with E-state index in [1.807, 2.05) is 19.9 Å². The number of rotatable bonds is 7. The second-order valence-corrected chi connectivity index (χ2v) is 5.54. The maximum absolute atomic E-state index is 11.4. The highest BCUT2D eigenvalue weighted by molar-refractivity contribution is 5.88. The molecule has 4 heteroatoms. The summed E-state index contributed by atoms with van der Waals surface area (Å²) in [6, 6.07) is 0.441. The van der Waals surface area contributed by atoms with E-state index in [1.165, 1.54) is 7.11 Å². The van der Waals surface area contributed by atoms with E-state index >= 15 is 0 Å². The molecular weight excluding hydrogens is 242 g/mol. The second-order valence-electron chi connectivity index (χ2n) is 5.54. The van der Waals surface area contributed by atoms with Crippen molar-refractivity contribution >= 4 is 5.97 Å². The third kappa shape index (κ3) is 3.80. The van der Waals surface area contributed by atoms with Gasteiger partial charge in [0.05, 0.1) is 13.2 Å². The maximum atomic E-state index is 11.4. The summed E-state index contributed by atoms with van der Waals surface area (Å²) >= 11 is 0. The molecule has 0 spiro atoms. The molecule has 2 atom stereocenters. The molecule has 1 aliphatic rings. The smallest absolute Gasteiger partial charge is 0.333 e. The number of esters is 1. The topological polar surface area (TPSA) is 47.6 Å². The van der Waals surface area contributed by atoms with Gasteiger partial charge in [0.15, 0.2) is 0 Å². The molecule has 0 aromatic heterocycles. The van der Waals surface area contributed by atoms with Crippen molar-refractivity contribution in [1.82, 2.24) is 5.32 Å². The summed E-state index contributed by atoms with van der Waals surface area (Å²) in [4.78, 5) is 11.4. The zero-order valence-corrected chi connectivity index (χ0v) is 12.8. The summed E-state index contributed by atoms with van der Waals surface area (Å²) in [7, 11) is 1.42. The molecule has 4 nitrogen and oxygen atoms in total. The third-order valence-corrected chi connectivity index (χ3v) is 4.09. The van der Waals surface area contributed by atoms with Crippen LogP contribution in [0.25, 0.3) is 0 Å². The molecule has 0 aromatic rings. The van der Waals surface area contributed by atoms with Gasteiger partial charge in [0.1, 0.15) is 0 Å². The van der Waals surface area contributed by atoms with Crippen LogP contribution in [0.5, 0.6) is 0 Å². The van der Waals surface area contributed by atoms with Crippen molar-refractivity contribution in [2.24, 2.45) is 5.41 Å². The van der Waals surface area contributed by atoms with E-state index in [4.69, 9.17) is 9.47 Å². The Labute approximate surface area is 116 Å². The fourth-order valence-electron chi connectivity index (χ4n) is 2.54. The van der Waals surface area contributed by atoms with Gasteiger partial charge in [-0.05, 0) is 19.8 Å². The molecule has 0 saturated heterocycles. The van der Waals surface area contributed by atoms with Gasteiger partial charge in [-0.25, -0.2) is 4.79 Å². The summed E-state index contributed by atoms with van der Waals surface area (Å²) in [5, 5.41) is 3.48. The Balaban J connectivity index is 2.42. The Morgan fingerprint density at radius 1 is 1.42 bits per heavy atom. The van der Waals surface area contributed by atoms with Gasteiger partial charge < -0.3 is 14.8 Å². The van der Waals surface area contributed by atoms with Crippen molar-refractivity contribution in [3.63, 3.8) is 0 Å². The second kappa shape index (κ2) is 7.06. The highest BCUT2D eigenvalue weighted by Crippen LogP contribution is 2.42. The molecule has 0 heterocycles. The summed E-state index contributed by atoms with van der Waals surface area (Å²) in [5.41, 5.74) is 0.884. The first-order valence-electron chi connectivity index (χ1n) is 7.09. The summed E-state index contributed by atoms with van der Waals surface area (Å²) < 4.78 is 10.4. The van der Waals surface area contributed by atoms with Gasteiger partial charge in [0.2, 0.25) is 0 Å². The minimum atomic E-state index is -0.232. The summed E-state index contributed by atoms with van der Waals surface area (Å²) in [6.45, 7) is 9.90. The normalized spacial score (nSPS) is 25.8. The first-order valence-corrected chi connectivity index (χ1v) is 7.09. The molecule has 2 unspecified atom stereocenters. The number of hydrogen-bond donors (Lipinski definition) is 1. The van der Waals surface area contributed by atoms with Gasteiger partial charge in [-0.15, -0.1) is 0 Å². The molecule has 19 heavy (non-hydrogen) atoms. The quantitative estimate of drug-likeness (QED) is 0.569. The largest absolute Gasteiger partial charge is 0.466 e. The number of carbonyl (C=O) groups is 1. The Morgan fingerprint density at radius 3 is 2.58 bits per heavy atom. The lowest BCUT2D eigenvalue weighted by molar-refractivity contribution is -0.136. The Hall–Kier alpha value is -0.870. The van der Waals surface area contributed by atoms with Crippen LogP contribution in [0, 0.1) is 5.41 Å². The van der Waals surface area contributed by atoms with Crippen LogP contribution < -0.4 is 5.32 Å². The van der Waals surface area contributed by atoms with E-state index in [9.17, 15) is 4.79 Å². The number of nitrogens with one attached hydrogen (secondary N) is 1. The molecule has 110 valence electrons. The maximum Gasteiger partial charge on any atom is 0.333 e. The molecule has 1 aliphatic carbocycles. The van der Waals surface area contributed by atoms with Crippen LogP contribution in [0.4, 0.5) is 0 Å². The Bertz CT molecular complexity index is 336. The summed E-state index contributed by atoms with van der Waals surface area (Å²) in [6.07, 6.45) is 4.00. The fraction of sp³-hybridized carbons (Fsp3) is 0.800. The zero-order chi connectivity index (χ0) is 14.5. The van der Waals surface area contributed by atoms with Crippen LogP contribution in [0.2, 0.25) is 0 Å². The molecule has 0 amide bonds. The van der Waals surface area contributed by atoms with E-state index in [2.05, 4.69) is 19.2 Å². The lowest BCUT2D eigenvalue weighted by Gasteiger charge is -2.51. The van der Waals surface area contributed by atoms with Crippen LogP contribution in [0.3, 0.4) is 0 Å². The molecule has 0 bridgehead atoms. The molecule has 0 aromatic carbocycles. The SMILES string of the molecule is CCOC1CC(NC/C=C(/CC)C(=O)OC)C1(C)C. The van der Waals surface area contributed by atoms with Gasteiger partial charge in [0.25, 0.3) is 0 Å². The fourth-order valence-corrected chi connectivity index (χ4v) is 2.54. The lowest BCUT2D eigenvalue weighted by atomic mass is 9.64. The Morgan fingerprint density at radius 2 is 2.11 bits per heavy atom. The van der Waals surface area contributed by atoms with Gasteiger partial charge >= 0.3 is 5.97 Å². The van der Waals surface area contributed by atoms with Crippen molar-refractivity contribution in [2.75, 3.05) is 20.3 Å². The van der Waals surface area contributed by atoms with Gasteiger partial charge in [-0.3, -0.25) is 0 Å². The van der Waals surface area contributed by atoms with E-state index < -0.39 is 0 Å². The van der Waals surface area contributed by atoms with E-state index in [0.717, 1.165) is 18.6 Å². The minimum absolute atomic E-state index is 0.154. The predicted octanol–water partition coefficient (Wildman–Crippen LogP) is 2.29. The number of hydrogen-bond acceptors (Lipinski definition) is 4. The molecule has 1 saturated carbocycles. The standard InChI is InChI=1S/C15H27NO3/c1-6-11(14(17)18-5)8-9-16-12-10-13(19-7-2)15(12,3)4/h8,12-13,16H,6-7,9-10H2,1-5H3/b11-8-. The van der Waals surface area contributed by atoms with Crippen molar-refractivity contribution in [3.05, 3.63) is 11.6 Å². The monoisotopic (exact) mass is 269 g/mol. The molecular formula is C15H27NO3. The van der Waals surface area contributed by atoms with E-state index in [-0.39, 0.29) is 11.4 Å². The van der Waals surface area contributed by atoms with Gasteiger partial charge in [0, 0.05) is 30.2 Å². The summed E-state index contributed by atoms with van der Waals surface area (Å²) in [5.74, 6) is -0.232. The van der Waals surface area contributed by atoms with Crippen molar-refractivity contribution in [2.45, 2.75) is 52.7 Å². The van der Waals surface area contributed by atoms with Crippen LogP contribution >= 0.6 is 0 Å². The first-order chi connectivity index (χ1) is 8.97. The highest BCUT2D eigenvalue weighted by Gasteiger charge is 2.48. The molecule has 1 rings (SSSR count). The lowest BCUT2D eigenvalue weighted by Crippen LogP contribution is -2.60. The molecule has 1 fully saturated rings. The van der Waals surface area contributed by atoms with Crippen molar-refractivity contribution in [1.29, 1.82) is 0 Å². The molecule has 0 radical (unpaired) electrons. The van der Waals surface area contributed by atoms with Crippen LogP contribution in [-0.4, -0.2) is 38.4 Å². The van der Waals surface area contributed by atoms with Crippen LogP contribution in [0.1, 0.15) is 40.5 Å². The van der Waals surface area contributed by atoms with Gasteiger partial charge in [-0.2, -0.15) is 0 Å². The average Bonchev–Trinajstić information content (AvgIpc) is 2.40. The van der Waals surface area contributed by atoms with Crippen molar-refractivity contribution < 1.29 is 14.3 Å². The Kier molecular flexibility index (Phi) is 6.01. The molecule has 1 N–H and O–H groups in total. The van der Waals surface area contributed by atoms with Gasteiger partial charge in [-0.1, -0.05) is 26.8 Å². The number of carbonyl (C=O) groups excluding carboxylic acids is 1. The minimum Gasteiger partial charge on any atom is -0.466 e. The molecule has 0 aliphatic heterocycles. The average molecular weight is 269 g/mol. The first kappa shape index (κ1) is 16.2. The number of methoxy groups -OCH3 is 1. The van der Waals surface area contributed by atoms with E-state index in [1.54, 1.807) is 0 Å². The highest BCUT2D eigenvalue weighted by atomic mass is 16.5. The van der Waals surface area contributed by atoms with E-state index in [0.29, 0.717) is 25.1 Å². The van der Waals surface area contributed by atoms with Crippen LogP contribution in [-0.2, 0) is 14.3 Å². The zero-order valence-electron chi connectivity index (χ0n) is 12.8. The van der Waals surface area contributed by atoms with Crippen LogP contribution in [0.15, 0.2) is 11.6 Å². The predicted molar refractivity (Wildman–Crippen MR) is 76.0 cm³/mol. The van der Waals surface area contributed by atoms with Crippen molar-refractivity contribution in [3.8, 4) is 0 Å².